The number of carbonyl (C=O) groups excluding carboxylic acids is 1. The Bertz CT molecular complexity index is 721. The summed E-state index contributed by atoms with van der Waals surface area (Å²) in [6.45, 7) is 7.89. The summed E-state index contributed by atoms with van der Waals surface area (Å²) < 4.78 is 5.49. The molecule has 2 aromatic rings. The Morgan fingerprint density at radius 3 is 2.71 bits per heavy atom. The molecule has 3 rings (SSSR count). The first-order valence-electron chi connectivity index (χ1n) is 8.60. The third-order valence-corrected chi connectivity index (χ3v) is 4.20. The second-order valence-electron chi connectivity index (χ2n) is 7.46. The van der Waals surface area contributed by atoms with Crippen molar-refractivity contribution in [3.05, 3.63) is 48.0 Å². The van der Waals surface area contributed by atoms with Crippen LogP contribution in [0.2, 0.25) is 0 Å². The highest BCUT2D eigenvalue weighted by Crippen LogP contribution is 2.18. The van der Waals surface area contributed by atoms with Gasteiger partial charge in [0.2, 0.25) is 0 Å². The number of amides is 1. The van der Waals surface area contributed by atoms with Crippen molar-refractivity contribution in [2.24, 2.45) is 0 Å². The largest absolute Gasteiger partial charge is 0.444 e. The minimum atomic E-state index is -0.449. The van der Waals surface area contributed by atoms with E-state index in [1.54, 1.807) is 0 Å². The number of hydrogen-bond donors (Lipinski definition) is 1. The number of ether oxygens (including phenoxy) is 1. The Balaban J connectivity index is 1.65. The van der Waals surface area contributed by atoms with Gasteiger partial charge in [0.1, 0.15) is 5.60 Å². The molecule has 1 N–H and O–H groups in total. The van der Waals surface area contributed by atoms with Crippen LogP contribution >= 0.6 is 0 Å². The molecule has 4 nitrogen and oxygen atoms in total. The number of piperazine rings is 1. The average Bonchev–Trinajstić information content (AvgIpc) is 2.53. The fourth-order valence-electron chi connectivity index (χ4n) is 3.10. The van der Waals surface area contributed by atoms with E-state index in [9.17, 15) is 4.79 Å². The van der Waals surface area contributed by atoms with Crippen LogP contribution in [0.4, 0.5) is 4.79 Å². The highest BCUT2D eigenvalue weighted by atomic mass is 16.6. The fraction of sp³-hybridized carbons (Fsp3) is 0.450. The van der Waals surface area contributed by atoms with Crippen LogP contribution in [0.25, 0.3) is 10.8 Å². The van der Waals surface area contributed by atoms with Gasteiger partial charge in [-0.05, 0) is 43.5 Å². The van der Waals surface area contributed by atoms with Gasteiger partial charge < -0.3 is 15.0 Å². The molecule has 2 aromatic carbocycles. The van der Waals surface area contributed by atoms with E-state index in [4.69, 9.17) is 4.74 Å². The number of rotatable bonds is 2. The van der Waals surface area contributed by atoms with Crippen molar-refractivity contribution >= 4 is 16.9 Å². The third kappa shape index (κ3) is 4.26. The molecule has 0 spiro atoms. The van der Waals surface area contributed by atoms with Crippen LogP contribution in [0, 0.1) is 0 Å². The predicted octanol–water partition coefficient (Wildman–Crippen LogP) is 3.59. The summed E-state index contributed by atoms with van der Waals surface area (Å²) in [5.74, 6) is 0. The van der Waals surface area contributed by atoms with Gasteiger partial charge in [0.15, 0.2) is 0 Å². The molecule has 128 valence electrons. The van der Waals surface area contributed by atoms with E-state index in [0.29, 0.717) is 13.1 Å². The van der Waals surface area contributed by atoms with Gasteiger partial charge >= 0.3 is 6.09 Å². The van der Waals surface area contributed by atoms with E-state index >= 15 is 0 Å². The van der Waals surface area contributed by atoms with Gasteiger partial charge in [0.25, 0.3) is 0 Å². The monoisotopic (exact) mass is 326 g/mol. The first-order chi connectivity index (χ1) is 11.4. The quantitative estimate of drug-likeness (QED) is 0.917. The van der Waals surface area contributed by atoms with Crippen LogP contribution in [0.5, 0.6) is 0 Å². The SMILES string of the molecule is CC(C)(C)OC(=O)N1CCN[C@H](Cc2ccc3ccccc3c2)C1. The maximum Gasteiger partial charge on any atom is 0.410 e. The summed E-state index contributed by atoms with van der Waals surface area (Å²) in [6.07, 6.45) is 0.692. The van der Waals surface area contributed by atoms with Gasteiger partial charge in [0, 0.05) is 25.7 Å². The fourth-order valence-corrected chi connectivity index (χ4v) is 3.10. The van der Waals surface area contributed by atoms with E-state index in [2.05, 4.69) is 47.8 Å². The standard InChI is InChI=1S/C20H26N2O2/c1-20(2,3)24-19(23)22-11-10-21-18(14-22)13-15-8-9-16-6-4-5-7-17(16)12-15/h4-9,12,18,21H,10-11,13-14H2,1-3H3/t18-/m1/s1. The van der Waals surface area contributed by atoms with Gasteiger partial charge in [0.05, 0.1) is 0 Å². The van der Waals surface area contributed by atoms with Gasteiger partial charge in [-0.3, -0.25) is 0 Å². The second-order valence-corrected chi connectivity index (χ2v) is 7.46. The molecule has 1 amide bonds. The molecule has 1 atom stereocenters. The Labute approximate surface area is 143 Å². The number of nitrogens with zero attached hydrogens (tertiary/aromatic N) is 1. The molecule has 0 unspecified atom stereocenters. The van der Waals surface area contributed by atoms with Crippen LogP contribution < -0.4 is 5.32 Å². The zero-order chi connectivity index (χ0) is 17.2. The van der Waals surface area contributed by atoms with Crippen molar-refractivity contribution in [3.8, 4) is 0 Å². The van der Waals surface area contributed by atoms with Crippen LogP contribution in [0.1, 0.15) is 26.3 Å². The molecule has 4 heteroatoms. The first kappa shape index (κ1) is 16.8. The average molecular weight is 326 g/mol. The van der Waals surface area contributed by atoms with Crippen molar-refractivity contribution in [1.82, 2.24) is 10.2 Å². The lowest BCUT2D eigenvalue weighted by Gasteiger charge is -2.35. The van der Waals surface area contributed by atoms with E-state index in [1.807, 2.05) is 25.7 Å². The molecular formula is C20H26N2O2. The Hall–Kier alpha value is -2.07. The van der Waals surface area contributed by atoms with E-state index < -0.39 is 5.60 Å². The first-order valence-corrected chi connectivity index (χ1v) is 8.60. The number of hydrogen-bond acceptors (Lipinski definition) is 3. The van der Waals surface area contributed by atoms with Crippen molar-refractivity contribution in [2.45, 2.75) is 38.8 Å². The minimum Gasteiger partial charge on any atom is -0.444 e. The van der Waals surface area contributed by atoms with E-state index in [0.717, 1.165) is 13.0 Å². The maximum atomic E-state index is 12.3. The lowest BCUT2D eigenvalue weighted by Crippen LogP contribution is -2.54. The van der Waals surface area contributed by atoms with Gasteiger partial charge in [-0.15, -0.1) is 0 Å². The van der Waals surface area contributed by atoms with Gasteiger partial charge in [-0.2, -0.15) is 0 Å². The number of carbonyl (C=O) groups is 1. The van der Waals surface area contributed by atoms with Crippen LogP contribution in [0.3, 0.4) is 0 Å². The second kappa shape index (κ2) is 6.81. The van der Waals surface area contributed by atoms with Crippen molar-refractivity contribution in [1.29, 1.82) is 0 Å². The number of benzene rings is 2. The lowest BCUT2D eigenvalue weighted by molar-refractivity contribution is 0.0195. The smallest absolute Gasteiger partial charge is 0.410 e. The molecule has 0 radical (unpaired) electrons. The lowest BCUT2D eigenvalue weighted by atomic mass is 10.0. The Morgan fingerprint density at radius 2 is 1.96 bits per heavy atom. The van der Waals surface area contributed by atoms with Gasteiger partial charge in [-0.25, -0.2) is 4.79 Å². The summed E-state index contributed by atoms with van der Waals surface area (Å²) >= 11 is 0. The van der Waals surface area contributed by atoms with E-state index in [1.165, 1.54) is 16.3 Å². The molecule has 1 aliphatic rings. The molecule has 1 heterocycles. The molecule has 24 heavy (non-hydrogen) atoms. The van der Waals surface area contributed by atoms with Crippen LogP contribution in [-0.4, -0.2) is 42.3 Å². The molecule has 0 aliphatic carbocycles. The summed E-state index contributed by atoms with van der Waals surface area (Å²) in [5, 5.41) is 6.03. The van der Waals surface area contributed by atoms with Crippen molar-refractivity contribution < 1.29 is 9.53 Å². The summed E-state index contributed by atoms with van der Waals surface area (Å²) in [6, 6.07) is 15.2. The maximum absolute atomic E-state index is 12.3. The van der Waals surface area contributed by atoms with Crippen LogP contribution in [-0.2, 0) is 11.2 Å². The van der Waals surface area contributed by atoms with Crippen molar-refractivity contribution in [3.63, 3.8) is 0 Å². The molecule has 0 bridgehead atoms. The molecular weight excluding hydrogens is 300 g/mol. The predicted molar refractivity (Wildman–Crippen MR) is 97.2 cm³/mol. The Morgan fingerprint density at radius 1 is 1.21 bits per heavy atom. The van der Waals surface area contributed by atoms with Crippen LogP contribution in [0.15, 0.2) is 42.5 Å². The summed E-state index contributed by atoms with van der Waals surface area (Å²) in [5.41, 5.74) is 0.841. The number of fused-ring (bicyclic) bond motifs is 1. The zero-order valence-electron chi connectivity index (χ0n) is 14.7. The van der Waals surface area contributed by atoms with E-state index in [-0.39, 0.29) is 12.1 Å². The number of nitrogens with one attached hydrogen (secondary N) is 1. The molecule has 1 saturated heterocycles. The highest BCUT2D eigenvalue weighted by molar-refractivity contribution is 5.83. The molecule has 1 aliphatic heterocycles. The van der Waals surface area contributed by atoms with Gasteiger partial charge in [-0.1, -0.05) is 42.5 Å². The third-order valence-electron chi connectivity index (χ3n) is 4.20. The molecule has 0 aromatic heterocycles. The molecule has 0 saturated carbocycles. The van der Waals surface area contributed by atoms with Crippen molar-refractivity contribution in [2.75, 3.05) is 19.6 Å². The summed E-state index contributed by atoms with van der Waals surface area (Å²) in [7, 11) is 0. The summed E-state index contributed by atoms with van der Waals surface area (Å²) in [4.78, 5) is 14.1. The Kier molecular flexibility index (Phi) is 4.76. The molecule has 1 fully saturated rings. The zero-order valence-corrected chi connectivity index (χ0v) is 14.7. The minimum absolute atomic E-state index is 0.215. The highest BCUT2D eigenvalue weighted by Gasteiger charge is 2.27. The normalized spacial score (nSPS) is 18.6. The topological polar surface area (TPSA) is 41.6 Å².